The molecular weight excluding hydrogens is 437 g/mol. The van der Waals surface area contributed by atoms with Gasteiger partial charge in [0.2, 0.25) is 0 Å². The summed E-state index contributed by atoms with van der Waals surface area (Å²) in [5.41, 5.74) is 0.750. The van der Waals surface area contributed by atoms with Gasteiger partial charge in [0, 0.05) is 35.7 Å². The predicted molar refractivity (Wildman–Crippen MR) is 122 cm³/mol. The predicted octanol–water partition coefficient (Wildman–Crippen LogP) is 3.47. The van der Waals surface area contributed by atoms with E-state index in [1.807, 2.05) is 4.58 Å². The van der Waals surface area contributed by atoms with Gasteiger partial charge in [-0.05, 0) is 42.9 Å². The van der Waals surface area contributed by atoms with E-state index in [1.54, 1.807) is 25.2 Å². The standard InChI is InChI=1S/C22H28Cl2N5O2/c1-4-14-8-5-6-11-28(14)13-18-25-20-19(21(30)27(3)22(31)26(20)2)29(18)12-15-16(23)9-7-10-17(15)24/h7,9-10,14,19H,4-6,8,11-13H2,1-3H3/q+1. The van der Waals surface area contributed by atoms with E-state index in [0.717, 1.165) is 35.7 Å². The van der Waals surface area contributed by atoms with Crippen LogP contribution in [0.2, 0.25) is 10.0 Å². The number of aliphatic imine (C=N–C) groups is 1. The number of hydrogen-bond donors (Lipinski definition) is 0. The Kier molecular flexibility index (Phi) is 6.37. The lowest BCUT2D eigenvalue weighted by molar-refractivity contribution is -0.552. The fourth-order valence-corrected chi connectivity index (χ4v) is 5.24. The molecule has 3 amide bonds. The van der Waals surface area contributed by atoms with Crippen LogP contribution in [-0.4, -0.2) is 82.2 Å². The second-order valence-electron chi connectivity index (χ2n) is 8.38. The summed E-state index contributed by atoms with van der Waals surface area (Å²) >= 11 is 12.9. The Labute approximate surface area is 192 Å². The molecule has 1 aromatic carbocycles. The molecule has 0 bridgehead atoms. The Morgan fingerprint density at radius 2 is 1.84 bits per heavy atom. The van der Waals surface area contributed by atoms with Crippen molar-refractivity contribution in [2.24, 2.45) is 4.99 Å². The summed E-state index contributed by atoms with van der Waals surface area (Å²) in [5, 5.41) is 1.09. The van der Waals surface area contributed by atoms with Crippen LogP contribution < -0.4 is 0 Å². The molecule has 0 N–H and O–H groups in total. The third-order valence-corrected chi connectivity index (χ3v) is 7.28. The molecule has 0 aromatic heterocycles. The van der Waals surface area contributed by atoms with Crippen molar-refractivity contribution in [1.29, 1.82) is 0 Å². The Morgan fingerprint density at radius 3 is 2.52 bits per heavy atom. The molecule has 1 aromatic rings. The SMILES string of the molecule is CCC1CCCCN1CC1=[N+](Cc2c(Cl)cccc2Cl)C2C(=O)N(C)C(=O)N(C)C2=N1. The van der Waals surface area contributed by atoms with Gasteiger partial charge in [-0.2, -0.15) is 0 Å². The first kappa shape index (κ1) is 22.2. The molecule has 3 aliphatic rings. The molecule has 0 spiro atoms. The summed E-state index contributed by atoms with van der Waals surface area (Å²) in [6, 6.07) is 4.84. The smallest absolute Gasteiger partial charge is 0.289 e. The molecule has 4 rings (SSSR count). The van der Waals surface area contributed by atoms with Gasteiger partial charge >= 0.3 is 11.9 Å². The zero-order valence-electron chi connectivity index (χ0n) is 18.1. The average molecular weight is 465 g/mol. The number of halogens is 2. The highest BCUT2D eigenvalue weighted by Crippen LogP contribution is 2.29. The van der Waals surface area contributed by atoms with E-state index in [1.165, 1.54) is 24.8 Å². The molecule has 0 radical (unpaired) electrons. The minimum absolute atomic E-state index is 0.286. The normalized spacial score (nSPS) is 24.7. The Bertz CT molecular complexity index is 956. The van der Waals surface area contributed by atoms with E-state index >= 15 is 0 Å². The molecule has 166 valence electrons. The van der Waals surface area contributed by atoms with Crippen molar-refractivity contribution in [3.05, 3.63) is 33.8 Å². The van der Waals surface area contributed by atoms with Crippen LogP contribution in [-0.2, 0) is 11.3 Å². The van der Waals surface area contributed by atoms with Crippen LogP contribution >= 0.6 is 23.2 Å². The third kappa shape index (κ3) is 3.99. The topological polar surface area (TPSA) is 59.2 Å². The number of amidine groups is 2. The first-order valence-electron chi connectivity index (χ1n) is 10.8. The number of fused-ring (bicyclic) bond motifs is 1. The molecule has 0 aliphatic carbocycles. The van der Waals surface area contributed by atoms with Crippen LogP contribution in [0.15, 0.2) is 23.2 Å². The quantitative estimate of drug-likeness (QED) is 0.626. The molecule has 2 unspecified atom stereocenters. The van der Waals surface area contributed by atoms with Crippen LogP contribution in [0.3, 0.4) is 0 Å². The summed E-state index contributed by atoms with van der Waals surface area (Å²) in [6.45, 7) is 4.18. The monoisotopic (exact) mass is 464 g/mol. The van der Waals surface area contributed by atoms with E-state index in [4.69, 9.17) is 28.2 Å². The van der Waals surface area contributed by atoms with Crippen LogP contribution in [0.25, 0.3) is 0 Å². The summed E-state index contributed by atoms with van der Waals surface area (Å²) in [6.07, 6.45) is 4.63. The molecule has 2 saturated heterocycles. The van der Waals surface area contributed by atoms with Gasteiger partial charge in [0.15, 0.2) is 0 Å². The van der Waals surface area contributed by atoms with Crippen molar-refractivity contribution in [3.8, 4) is 0 Å². The maximum Gasteiger partial charge on any atom is 0.333 e. The van der Waals surface area contributed by atoms with Gasteiger partial charge in [-0.3, -0.25) is 19.5 Å². The Hall–Kier alpha value is -1.96. The highest BCUT2D eigenvalue weighted by atomic mass is 35.5. The summed E-state index contributed by atoms with van der Waals surface area (Å²) in [7, 11) is 3.17. The minimum Gasteiger partial charge on any atom is -0.289 e. The maximum atomic E-state index is 13.2. The summed E-state index contributed by atoms with van der Waals surface area (Å²) in [4.78, 5) is 35.6. The first-order valence-corrected chi connectivity index (χ1v) is 11.5. The third-order valence-electron chi connectivity index (χ3n) is 6.57. The van der Waals surface area contributed by atoms with Crippen LogP contribution in [0.5, 0.6) is 0 Å². The zero-order chi connectivity index (χ0) is 22.3. The van der Waals surface area contributed by atoms with E-state index in [9.17, 15) is 9.59 Å². The maximum absolute atomic E-state index is 13.2. The molecule has 7 nitrogen and oxygen atoms in total. The van der Waals surface area contributed by atoms with Gasteiger partial charge in [0.1, 0.15) is 13.1 Å². The fourth-order valence-electron chi connectivity index (χ4n) is 4.72. The molecule has 2 atom stereocenters. The van der Waals surface area contributed by atoms with Crippen LogP contribution in [0.1, 0.15) is 38.2 Å². The van der Waals surface area contributed by atoms with Crippen molar-refractivity contribution in [2.75, 3.05) is 27.2 Å². The van der Waals surface area contributed by atoms with Crippen molar-refractivity contribution < 1.29 is 14.2 Å². The zero-order valence-corrected chi connectivity index (χ0v) is 19.7. The molecule has 0 saturated carbocycles. The number of likely N-dealkylation sites (tertiary alicyclic amines) is 1. The van der Waals surface area contributed by atoms with Gasteiger partial charge < -0.3 is 0 Å². The molecule has 3 aliphatic heterocycles. The fraction of sp³-hybridized carbons (Fsp3) is 0.545. The number of urea groups is 1. The lowest BCUT2D eigenvalue weighted by Gasteiger charge is -2.34. The Morgan fingerprint density at radius 1 is 1.13 bits per heavy atom. The average Bonchev–Trinajstić information content (AvgIpc) is 3.12. The van der Waals surface area contributed by atoms with E-state index < -0.39 is 6.04 Å². The first-order chi connectivity index (χ1) is 14.8. The number of imide groups is 1. The second-order valence-corrected chi connectivity index (χ2v) is 9.20. The van der Waals surface area contributed by atoms with Gasteiger partial charge in [-0.25, -0.2) is 9.37 Å². The van der Waals surface area contributed by atoms with Crippen molar-refractivity contribution >= 4 is 46.8 Å². The number of rotatable bonds is 5. The number of carbonyl (C=O) groups excluding carboxylic acids is 2. The van der Waals surface area contributed by atoms with Gasteiger partial charge in [-0.15, -0.1) is 0 Å². The van der Waals surface area contributed by atoms with Crippen molar-refractivity contribution in [2.45, 2.75) is 51.2 Å². The lowest BCUT2D eigenvalue weighted by Crippen LogP contribution is -2.61. The lowest BCUT2D eigenvalue weighted by atomic mass is 10.00. The number of benzene rings is 1. The molecule has 3 heterocycles. The van der Waals surface area contributed by atoms with Gasteiger partial charge in [0.05, 0.1) is 0 Å². The second kappa shape index (κ2) is 8.88. The van der Waals surface area contributed by atoms with Gasteiger partial charge in [-0.1, -0.05) is 42.6 Å². The molecule has 31 heavy (non-hydrogen) atoms. The number of nitrogens with zero attached hydrogens (tertiary/aromatic N) is 5. The molecule has 2 fully saturated rings. The van der Waals surface area contributed by atoms with Crippen LogP contribution in [0.4, 0.5) is 4.79 Å². The van der Waals surface area contributed by atoms with Crippen molar-refractivity contribution in [1.82, 2.24) is 14.7 Å². The Balaban J connectivity index is 1.76. The summed E-state index contributed by atoms with van der Waals surface area (Å²) < 4.78 is 1.96. The van der Waals surface area contributed by atoms with Crippen LogP contribution in [0, 0.1) is 0 Å². The van der Waals surface area contributed by atoms with E-state index in [-0.39, 0.29) is 11.9 Å². The highest BCUT2D eigenvalue weighted by Gasteiger charge is 2.53. The minimum atomic E-state index is -0.667. The van der Waals surface area contributed by atoms with Gasteiger partial charge in [0.25, 0.3) is 17.8 Å². The molecule has 9 heteroatoms. The van der Waals surface area contributed by atoms with E-state index in [0.29, 0.717) is 35.0 Å². The van der Waals surface area contributed by atoms with Crippen molar-refractivity contribution in [3.63, 3.8) is 0 Å². The number of hydrogen-bond acceptors (Lipinski definition) is 4. The number of carbonyl (C=O) groups is 2. The number of amides is 3. The number of piperidine rings is 1. The largest absolute Gasteiger partial charge is 0.333 e. The summed E-state index contributed by atoms with van der Waals surface area (Å²) in [5.74, 6) is 0.960. The van der Waals surface area contributed by atoms with E-state index in [2.05, 4.69) is 11.8 Å². The number of likely N-dealkylation sites (N-methyl/N-ethyl adjacent to an activating group) is 2. The highest BCUT2D eigenvalue weighted by molar-refractivity contribution is 6.36. The molecular formula is C22H28Cl2N5O2+.